The summed E-state index contributed by atoms with van der Waals surface area (Å²) in [4.78, 5) is 34.0. The number of benzene rings is 2. The van der Waals surface area contributed by atoms with Crippen LogP contribution in [0.1, 0.15) is 12.5 Å². The Bertz CT molecular complexity index is 897. The van der Waals surface area contributed by atoms with Crippen LogP contribution in [0.25, 0.3) is 6.08 Å². The van der Waals surface area contributed by atoms with Gasteiger partial charge < -0.3 is 10.1 Å². The number of nitro benzene ring substituents is 1. The third kappa shape index (κ3) is 5.80. The Balaban J connectivity index is 1.93. The van der Waals surface area contributed by atoms with Gasteiger partial charge in [-0.1, -0.05) is 29.3 Å². The molecule has 1 amide bonds. The molecule has 0 saturated carbocycles. The molecular formula is C18H14Cl2N2O5. The molecule has 0 aliphatic carbocycles. The molecule has 27 heavy (non-hydrogen) atoms. The van der Waals surface area contributed by atoms with Crippen LogP contribution >= 0.6 is 23.2 Å². The lowest BCUT2D eigenvalue weighted by atomic mass is 10.2. The van der Waals surface area contributed by atoms with Crippen LogP contribution in [0.2, 0.25) is 10.0 Å². The van der Waals surface area contributed by atoms with Crippen LogP contribution in [-0.4, -0.2) is 22.9 Å². The normalized spacial score (nSPS) is 11.8. The highest BCUT2D eigenvalue weighted by molar-refractivity contribution is 6.44. The number of halogens is 2. The number of carbonyl (C=O) groups excluding carboxylic acids is 2. The lowest BCUT2D eigenvalue weighted by Crippen LogP contribution is -2.29. The topological polar surface area (TPSA) is 98.5 Å². The fourth-order valence-corrected chi connectivity index (χ4v) is 2.32. The van der Waals surface area contributed by atoms with Gasteiger partial charge in [-0.15, -0.1) is 0 Å². The van der Waals surface area contributed by atoms with Crippen molar-refractivity contribution < 1.29 is 19.2 Å². The Morgan fingerprint density at radius 1 is 1.19 bits per heavy atom. The molecule has 2 rings (SSSR count). The van der Waals surface area contributed by atoms with E-state index in [4.69, 9.17) is 27.9 Å². The highest BCUT2D eigenvalue weighted by atomic mass is 35.5. The predicted octanol–water partition coefficient (Wildman–Crippen LogP) is 4.49. The number of nitrogens with zero attached hydrogens (tertiary/aromatic N) is 1. The summed E-state index contributed by atoms with van der Waals surface area (Å²) in [6, 6.07) is 10.4. The summed E-state index contributed by atoms with van der Waals surface area (Å²) in [6.45, 7) is 1.41. The molecule has 2 aromatic rings. The van der Waals surface area contributed by atoms with Gasteiger partial charge in [-0.25, -0.2) is 4.79 Å². The van der Waals surface area contributed by atoms with Gasteiger partial charge in [0.1, 0.15) is 0 Å². The number of nitro groups is 1. The maximum Gasteiger partial charge on any atom is 0.331 e. The fraction of sp³-hybridized carbons (Fsp3) is 0.111. The molecule has 0 radical (unpaired) electrons. The lowest BCUT2D eigenvalue weighted by Gasteiger charge is -2.13. The first-order valence-electron chi connectivity index (χ1n) is 7.66. The van der Waals surface area contributed by atoms with E-state index in [9.17, 15) is 19.7 Å². The van der Waals surface area contributed by atoms with E-state index >= 15 is 0 Å². The van der Waals surface area contributed by atoms with Crippen LogP contribution in [0.4, 0.5) is 11.4 Å². The van der Waals surface area contributed by atoms with Crippen molar-refractivity contribution in [1.29, 1.82) is 0 Å². The Morgan fingerprint density at radius 3 is 2.48 bits per heavy atom. The zero-order chi connectivity index (χ0) is 20.0. The standard InChI is InChI=1S/C18H14Cl2N2O5/c1-11(18(24)21-15-4-2-3-14(19)17(15)20)27-16(23)10-7-12-5-8-13(9-6-12)22(25)26/h2-11H,1H3,(H,21,24)/b10-7+. The van der Waals surface area contributed by atoms with E-state index in [1.807, 2.05) is 0 Å². The van der Waals surface area contributed by atoms with Gasteiger partial charge >= 0.3 is 5.97 Å². The van der Waals surface area contributed by atoms with Gasteiger partial charge in [-0.05, 0) is 42.8 Å². The Kier molecular flexibility index (Phi) is 6.92. The second kappa shape index (κ2) is 9.16. The van der Waals surface area contributed by atoms with E-state index in [2.05, 4.69) is 5.32 Å². The van der Waals surface area contributed by atoms with Gasteiger partial charge in [-0.3, -0.25) is 14.9 Å². The number of amides is 1. The largest absolute Gasteiger partial charge is 0.449 e. The summed E-state index contributed by atoms with van der Waals surface area (Å²) >= 11 is 11.9. The molecule has 0 fully saturated rings. The number of hydrogen-bond acceptors (Lipinski definition) is 5. The average Bonchev–Trinajstić information content (AvgIpc) is 2.64. The number of hydrogen-bond donors (Lipinski definition) is 1. The molecule has 0 aromatic heterocycles. The first-order valence-corrected chi connectivity index (χ1v) is 8.41. The highest BCUT2D eigenvalue weighted by Crippen LogP contribution is 2.29. The summed E-state index contributed by atoms with van der Waals surface area (Å²) in [5.74, 6) is -1.32. The zero-order valence-corrected chi connectivity index (χ0v) is 15.5. The molecular weight excluding hydrogens is 395 g/mol. The van der Waals surface area contributed by atoms with Crippen molar-refractivity contribution in [2.24, 2.45) is 0 Å². The van der Waals surface area contributed by atoms with Crippen molar-refractivity contribution in [3.05, 3.63) is 74.3 Å². The van der Waals surface area contributed by atoms with Crippen molar-refractivity contribution in [2.75, 3.05) is 5.32 Å². The number of esters is 1. The maximum atomic E-state index is 12.1. The predicted molar refractivity (Wildman–Crippen MR) is 103 cm³/mol. The summed E-state index contributed by atoms with van der Waals surface area (Å²) in [5, 5.41) is 13.6. The molecule has 1 unspecified atom stereocenters. The molecule has 1 N–H and O–H groups in total. The minimum atomic E-state index is -1.07. The molecule has 0 aliphatic rings. The van der Waals surface area contributed by atoms with Crippen molar-refractivity contribution in [1.82, 2.24) is 0 Å². The van der Waals surface area contributed by atoms with Crippen molar-refractivity contribution in [3.63, 3.8) is 0 Å². The van der Waals surface area contributed by atoms with Crippen molar-refractivity contribution in [3.8, 4) is 0 Å². The average molecular weight is 409 g/mol. The number of ether oxygens (including phenoxy) is 1. The zero-order valence-electron chi connectivity index (χ0n) is 14.0. The smallest absolute Gasteiger partial charge is 0.331 e. The van der Waals surface area contributed by atoms with Crippen LogP contribution in [0.3, 0.4) is 0 Å². The summed E-state index contributed by atoms with van der Waals surface area (Å²) in [7, 11) is 0. The van der Waals surface area contributed by atoms with Crippen LogP contribution in [-0.2, 0) is 14.3 Å². The van der Waals surface area contributed by atoms with Gasteiger partial charge in [0.15, 0.2) is 6.10 Å². The number of anilines is 1. The van der Waals surface area contributed by atoms with Crippen molar-refractivity contribution in [2.45, 2.75) is 13.0 Å². The van der Waals surface area contributed by atoms with Gasteiger partial charge in [-0.2, -0.15) is 0 Å². The van der Waals surface area contributed by atoms with Gasteiger partial charge in [0.05, 0.1) is 20.7 Å². The molecule has 7 nitrogen and oxygen atoms in total. The van der Waals surface area contributed by atoms with E-state index < -0.39 is 22.9 Å². The molecule has 9 heteroatoms. The second-order valence-corrected chi connectivity index (χ2v) is 6.14. The van der Waals surface area contributed by atoms with Crippen LogP contribution in [0.5, 0.6) is 0 Å². The second-order valence-electron chi connectivity index (χ2n) is 5.35. The quantitative estimate of drug-likeness (QED) is 0.328. The Hall–Kier alpha value is -2.90. The molecule has 140 valence electrons. The molecule has 2 aromatic carbocycles. The first kappa shape index (κ1) is 20.4. The van der Waals surface area contributed by atoms with Crippen LogP contribution < -0.4 is 5.32 Å². The van der Waals surface area contributed by atoms with Gasteiger partial charge in [0.25, 0.3) is 11.6 Å². The van der Waals surface area contributed by atoms with Gasteiger partial charge in [0.2, 0.25) is 0 Å². The molecule has 0 heterocycles. The summed E-state index contributed by atoms with van der Waals surface area (Å²) in [5.41, 5.74) is 0.818. The van der Waals surface area contributed by atoms with E-state index in [0.717, 1.165) is 6.08 Å². The number of rotatable bonds is 6. The SMILES string of the molecule is CC(OC(=O)/C=C/c1ccc([N+](=O)[O-])cc1)C(=O)Nc1cccc(Cl)c1Cl. The molecule has 1 atom stereocenters. The molecule has 0 bridgehead atoms. The van der Waals surface area contributed by atoms with Crippen LogP contribution in [0, 0.1) is 10.1 Å². The van der Waals surface area contributed by atoms with E-state index in [1.165, 1.54) is 37.3 Å². The number of carbonyl (C=O) groups is 2. The Morgan fingerprint density at radius 2 is 1.85 bits per heavy atom. The minimum absolute atomic E-state index is 0.0558. The van der Waals surface area contributed by atoms with Gasteiger partial charge in [0, 0.05) is 18.2 Å². The van der Waals surface area contributed by atoms with E-state index in [-0.39, 0.29) is 15.7 Å². The van der Waals surface area contributed by atoms with E-state index in [1.54, 1.807) is 18.2 Å². The summed E-state index contributed by atoms with van der Waals surface area (Å²) in [6.07, 6.45) is 1.47. The third-order valence-corrected chi connectivity index (χ3v) is 4.21. The number of non-ortho nitro benzene ring substituents is 1. The third-order valence-electron chi connectivity index (χ3n) is 3.39. The fourth-order valence-electron chi connectivity index (χ4n) is 1.97. The maximum absolute atomic E-state index is 12.1. The molecule has 0 aliphatic heterocycles. The molecule has 0 spiro atoms. The Labute approximate surface area is 164 Å². The van der Waals surface area contributed by atoms with Crippen molar-refractivity contribution >= 4 is 52.5 Å². The number of nitrogens with one attached hydrogen (secondary N) is 1. The highest BCUT2D eigenvalue weighted by Gasteiger charge is 2.18. The lowest BCUT2D eigenvalue weighted by molar-refractivity contribution is -0.384. The monoisotopic (exact) mass is 408 g/mol. The van der Waals surface area contributed by atoms with Crippen LogP contribution in [0.15, 0.2) is 48.5 Å². The summed E-state index contributed by atoms with van der Waals surface area (Å²) < 4.78 is 5.02. The van der Waals surface area contributed by atoms with E-state index in [0.29, 0.717) is 11.3 Å². The minimum Gasteiger partial charge on any atom is -0.449 e. The molecule has 0 saturated heterocycles. The first-order chi connectivity index (χ1) is 12.8.